The largest absolute Gasteiger partial charge is 0.330 e. The molecule has 2 aliphatic rings. The van der Waals surface area contributed by atoms with Gasteiger partial charge in [-0.3, -0.25) is 9.80 Å². The molecule has 28 heavy (non-hydrogen) atoms. The Bertz CT molecular complexity index is 750. The molecular weight excluding hydrogens is 389 g/mol. The van der Waals surface area contributed by atoms with E-state index in [4.69, 9.17) is 5.73 Å². The second-order valence-corrected chi connectivity index (χ2v) is 8.21. The first kappa shape index (κ1) is 23.2. The molecule has 2 fully saturated rings. The Hall–Kier alpha value is -1.10. The third-order valence-corrected chi connectivity index (χ3v) is 6.34. The molecule has 4 rings (SSSR count). The number of aryl methyl sites for hydroxylation is 1. The van der Waals surface area contributed by atoms with E-state index in [-0.39, 0.29) is 24.8 Å². The topological polar surface area (TPSA) is 32.5 Å². The number of nitrogens with two attached hydrogens (primary N) is 1. The monoisotopic (exact) mass is 421 g/mol. The summed E-state index contributed by atoms with van der Waals surface area (Å²) in [6.45, 7) is 7.70. The number of fused-ring (bicyclic) bond motifs is 1. The lowest BCUT2D eigenvalue weighted by molar-refractivity contribution is 0.224. The first-order valence-corrected chi connectivity index (χ1v) is 9.91. The van der Waals surface area contributed by atoms with E-state index >= 15 is 0 Å². The molecule has 2 aromatic rings. The Morgan fingerprint density at radius 3 is 2.29 bits per heavy atom. The van der Waals surface area contributed by atoms with Gasteiger partial charge in [-0.2, -0.15) is 0 Å². The number of nitrogens with zero attached hydrogens (tertiary/aromatic N) is 2. The maximum absolute atomic E-state index is 5.65. The van der Waals surface area contributed by atoms with E-state index in [1.807, 2.05) is 0 Å². The summed E-state index contributed by atoms with van der Waals surface area (Å²) >= 11 is 0. The second-order valence-electron chi connectivity index (χ2n) is 8.21. The fraction of sp³-hybridized carbons (Fsp3) is 0.478. The first-order chi connectivity index (χ1) is 12.7. The standard InChI is InChI=1S/C23H31N3.2ClH/c1-17-5-3-4-6-21(17)23-22-16-26(15-20(22)14-25(23)2)13-19-9-7-18(8-10-19)11-12-24;;/h3-10,20,22-23H,11-16,24H2,1-2H3;2*1H/t20-,22+,23-;;/m0../s1. The molecule has 5 heteroatoms. The van der Waals surface area contributed by atoms with E-state index in [1.54, 1.807) is 0 Å². The van der Waals surface area contributed by atoms with Crippen LogP contribution in [-0.2, 0) is 13.0 Å². The third-order valence-electron chi connectivity index (χ3n) is 6.34. The van der Waals surface area contributed by atoms with Crippen LogP contribution in [-0.4, -0.2) is 43.0 Å². The normalized spacial score (nSPS) is 24.5. The highest BCUT2D eigenvalue weighted by atomic mass is 35.5. The molecule has 0 unspecified atom stereocenters. The van der Waals surface area contributed by atoms with Crippen LogP contribution in [0.5, 0.6) is 0 Å². The number of hydrogen-bond acceptors (Lipinski definition) is 3. The van der Waals surface area contributed by atoms with E-state index in [0.717, 1.165) is 31.3 Å². The van der Waals surface area contributed by atoms with Crippen LogP contribution in [0.15, 0.2) is 48.5 Å². The van der Waals surface area contributed by atoms with E-state index in [0.29, 0.717) is 6.04 Å². The molecule has 0 aliphatic carbocycles. The molecule has 2 saturated heterocycles. The Balaban J connectivity index is 0.00000140. The highest BCUT2D eigenvalue weighted by molar-refractivity contribution is 5.85. The van der Waals surface area contributed by atoms with Crippen molar-refractivity contribution in [2.45, 2.75) is 25.9 Å². The van der Waals surface area contributed by atoms with Crippen molar-refractivity contribution in [3.63, 3.8) is 0 Å². The molecule has 2 aromatic carbocycles. The maximum Gasteiger partial charge on any atom is 0.0391 e. The molecule has 0 saturated carbocycles. The van der Waals surface area contributed by atoms with Crippen LogP contribution in [0, 0.1) is 18.8 Å². The van der Waals surface area contributed by atoms with Crippen LogP contribution < -0.4 is 5.73 Å². The zero-order valence-corrected chi connectivity index (χ0v) is 18.5. The SMILES string of the molecule is Cc1ccccc1[C@H]1[C@@H]2CN(Cc3ccc(CCN)cc3)C[C@@H]2CN1C.Cl.Cl. The molecule has 3 atom stereocenters. The zero-order valence-electron chi connectivity index (χ0n) is 16.9. The van der Waals surface area contributed by atoms with Crippen LogP contribution >= 0.6 is 24.8 Å². The minimum absolute atomic E-state index is 0. The van der Waals surface area contributed by atoms with Crippen molar-refractivity contribution in [3.05, 3.63) is 70.8 Å². The number of hydrogen-bond donors (Lipinski definition) is 1. The lowest BCUT2D eigenvalue weighted by Crippen LogP contribution is -2.29. The van der Waals surface area contributed by atoms with Gasteiger partial charge in [-0.25, -0.2) is 0 Å². The van der Waals surface area contributed by atoms with E-state index in [9.17, 15) is 0 Å². The Labute approximate surface area is 182 Å². The van der Waals surface area contributed by atoms with Crippen LogP contribution in [0.3, 0.4) is 0 Å². The summed E-state index contributed by atoms with van der Waals surface area (Å²) in [5.74, 6) is 1.54. The molecular formula is C23H33Cl2N3. The van der Waals surface area contributed by atoms with Gasteiger partial charge < -0.3 is 5.73 Å². The summed E-state index contributed by atoms with van der Waals surface area (Å²) in [5.41, 5.74) is 11.4. The fourth-order valence-corrected chi connectivity index (χ4v) is 5.10. The molecule has 2 N–H and O–H groups in total. The predicted molar refractivity (Wildman–Crippen MR) is 123 cm³/mol. The highest BCUT2D eigenvalue weighted by Crippen LogP contribution is 2.45. The van der Waals surface area contributed by atoms with Crippen molar-refractivity contribution >= 4 is 24.8 Å². The lowest BCUT2D eigenvalue weighted by Gasteiger charge is -2.28. The average molecular weight is 422 g/mol. The van der Waals surface area contributed by atoms with Crippen molar-refractivity contribution < 1.29 is 0 Å². The van der Waals surface area contributed by atoms with Crippen LogP contribution in [0.25, 0.3) is 0 Å². The fourth-order valence-electron chi connectivity index (χ4n) is 5.10. The third kappa shape index (κ3) is 4.72. The molecule has 2 aliphatic heterocycles. The number of benzene rings is 2. The van der Waals surface area contributed by atoms with E-state index in [1.165, 1.54) is 41.9 Å². The Morgan fingerprint density at radius 1 is 0.929 bits per heavy atom. The second kappa shape index (κ2) is 10.1. The van der Waals surface area contributed by atoms with Crippen molar-refractivity contribution in [1.29, 1.82) is 0 Å². The summed E-state index contributed by atoms with van der Waals surface area (Å²) in [6.07, 6.45) is 0.971. The molecule has 154 valence electrons. The van der Waals surface area contributed by atoms with Gasteiger partial charge in [-0.1, -0.05) is 48.5 Å². The summed E-state index contributed by atoms with van der Waals surface area (Å²) in [4.78, 5) is 5.24. The molecule has 0 spiro atoms. The smallest absolute Gasteiger partial charge is 0.0391 e. The summed E-state index contributed by atoms with van der Waals surface area (Å²) in [7, 11) is 2.30. The van der Waals surface area contributed by atoms with Crippen molar-refractivity contribution in [2.75, 3.05) is 33.2 Å². The number of likely N-dealkylation sites (tertiary alicyclic amines) is 2. The van der Waals surface area contributed by atoms with Crippen molar-refractivity contribution in [3.8, 4) is 0 Å². The van der Waals surface area contributed by atoms with Crippen molar-refractivity contribution in [2.24, 2.45) is 17.6 Å². The summed E-state index contributed by atoms with van der Waals surface area (Å²) in [5, 5.41) is 0. The summed E-state index contributed by atoms with van der Waals surface area (Å²) in [6, 6.07) is 18.5. The minimum atomic E-state index is 0. The highest BCUT2D eigenvalue weighted by Gasteiger charge is 2.46. The van der Waals surface area contributed by atoms with Gasteiger partial charge in [-0.05, 0) is 61.0 Å². The van der Waals surface area contributed by atoms with E-state index < -0.39 is 0 Å². The Kier molecular flexibility index (Phi) is 8.35. The first-order valence-electron chi connectivity index (χ1n) is 9.91. The quantitative estimate of drug-likeness (QED) is 0.789. The molecule has 2 heterocycles. The minimum Gasteiger partial charge on any atom is -0.330 e. The number of halogens is 2. The van der Waals surface area contributed by atoms with Gasteiger partial charge in [0.25, 0.3) is 0 Å². The molecule has 0 bridgehead atoms. The summed E-state index contributed by atoms with van der Waals surface area (Å²) < 4.78 is 0. The maximum atomic E-state index is 5.65. The Morgan fingerprint density at radius 2 is 1.61 bits per heavy atom. The van der Waals surface area contributed by atoms with E-state index in [2.05, 4.69) is 72.3 Å². The van der Waals surface area contributed by atoms with Gasteiger partial charge >= 0.3 is 0 Å². The molecule has 0 aromatic heterocycles. The van der Waals surface area contributed by atoms with Gasteiger partial charge in [0.2, 0.25) is 0 Å². The molecule has 3 nitrogen and oxygen atoms in total. The lowest BCUT2D eigenvalue weighted by atomic mass is 9.88. The van der Waals surface area contributed by atoms with Crippen LogP contribution in [0.1, 0.15) is 28.3 Å². The van der Waals surface area contributed by atoms with Crippen molar-refractivity contribution in [1.82, 2.24) is 9.80 Å². The molecule has 0 amide bonds. The van der Waals surface area contributed by atoms with Crippen LogP contribution in [0.4, 0.5) is 0 Å². The zero-order chi connectivity index (χ0) is 18.1. The van der Waals surface area contributed by atoms with Crippen LogP contribution in [0.2, 0.25) is 0 Å². The van der Waals surface area contributed by atoms with Gasteiger partial charge in [0.15, 0.2) is 0 Å². The molecule has 0 radical (unpaired) electrons. The van der Waals surface area contributed by atoms with Gasteiger partial charge in [0, 0.05) is 32.2 Å². The predicted octanol–water partition coefficient (Wildman–Crippen LogP) is 4.07. The number of rotatable bonds is 5. The van der Waals surface area contributed by atoms with Gasteiger partial charge in [0.05, 0.1) is 0 Å². The van der Waals surface area contributed by atoms with Gasteiger partial charge in [0.1, 0.15) is 0 Å². The van der Waals surface area contributed by atoms with Gasteiger partial charge in [-0.15, -0.1) is 24.8 Å². The average Bonchev–Trinajstić information content (AvgIpc) is 3.13.